The summed E-state index contributed by atoms with van der Waals surface area (Å²) in [4.78, 5) is 14.0. The second-order valence-electron chi connectivity index (χ2n) is 7.70. The third kappa shape index (κ3) is 5.25. The predicted octanol–water partition coefficient (Wildman–Crippen LogP) is 3.50. The molecule has 2 fully saturated rings. The average molecular weight is 419 g/mol. The number of carbonyl (C=O) groups excluding carboxylic acids is 1. The SMILES string of the molecule is C#C[C@H]1CC[C@@H](C#N)N1C(=O)CNC1CCC(Oc2cccc(C(F)(F)F)c2)CC1. The molecule has 0 spiro atoms. The molecular weight excluding hydrogens is 395 g/mol. The zero-order chi connectivity index (χ0) is 21.7. The molecule has 1 aromatic rings. The Morgan fingerprint density at radius 2 is 1.90 bits per heavy atom. The highest BCUT2D eigenvalue weighted by atomic mass is 19.4. The summed E-state index contributed by atoms with van der Waals surface area (Å²) in [5.74, 6) is 2.62. The van der Waals surface area contributed by atoms with E-state index in [0.717, 1.165) is 25.0 Å². The lowest BCUT2D eigenvalue weighted by molar-refractivity contribution is -0.137. The minimum absolute atomic E-state index is 0.111. The average Bonchev–Trinajstić information content (AvgIpc) is 3.16. The number of nitriles is 1. The summed E-state index contributed by atoms with van der Waals surface area (Å²) in [6.45, 7) is 0.111. The van der Waals surface area contributed by atoms with E-state index in [-0.39, 0.29) is 36.4 Å². The van der Waals surface area contributed by atoms with Gasteiger partial charge >= 0.3 is 6.18 Å². The van der Waals surface area contributed by atoms with Crippen molar-refractivity contribution < 1.29 is 22.7 Å². The lowest BCUT2D eigenvalue weighted by Gasteiger charge is -2.31. The van der Waals surface area contributed by atoms with Crippen molar-refractivity contribution in [2.75, 3.05) is 6.54 Å². The van der Waals surface area contributed by atoms with Crippen LogP contribution in [0.5, 0.6) is 5.75 Å². The number of carbonyl (C=O) groups is 1. The monoisotopic (exact) mass is 419 g/mol. The molecule has 0 unspecified atom stereocenters. The van der Waals surface area contributed by atoms with Gasteiger partial charge in [-0.3, -0.25) is 4.79 Å². The van der Waals surface area contributed by atoms with E-state index >= 15 is 0 Å². The van der Waals surface area contributed by atoms with Gasteiger partial charge in [0.25, 0.3) is 0 Å². The van der Waals surface area contributed by atoms with Crippen molar-refractivity contribution in [3.8, 4) is 24.2 Å². The Morgan fingerprint density at radius 1 is 1.20 bits per heavy atom. The molecule has 3 rings (SSSR count). The first kappa shape index (κ1) is 22.0. The van der Waals surface area contributed by atoms with Crippen LogP contribution in [-0.4, -0.2) is 41.6 Å². The van der Waals surface area contributed by atoms with Gasteiger partial charge in [0.1, 0.15) is 11.8 Å². The van der Waals surface area contributed by atoms with Gasteiger partial charge < -0.3 is 15.0 Å². The van der Waals surface area contributed by atoms with Crippen LogP contribution in [0.1, 0.15) is 44.1 Å². The van der Waals surface area contributed by atoms with Crippen LogP contribution in [-0.2, 0) is 11.0 Å². The topological polar surface area (TPSA) is 65.4 Å². The van der Waals surface area contributed by atoms with Gasteiger partial charge in [-0.1, -0.05) is 12.0 Å². The maximum Gasteiger partial charge on any atom is 0.416 e. The zero-order valence-electron chi connectivity index (χ0n) is 16.5. The number of halogens is 3. The smallest absolute Gasteiger partial charge is 0.416 e. The van der Waals surface area contributed by atoms with E-state index in [2.05, 4.69) is 17.3 Å². The Bertz CT molecular complexity index is 813. The van der Waals surface area contributed by atoms with Crippen LogP contribution in [0.25, 0.3) is 0 Å². The molecule has 160 valence electrons. The van der Waals surface area contributed by atoms with Gasteiger partial charge in [0.05, 0.1) is 30.3 Å². The highest BCUT2D eigenvalue weighted by molar-refractivity contribution is 5.80. The fourth-order valence-electron chi connectivity index (χ4n) is 4.10. The normalized spacial score (nSPS) is 26.6. The number of amides is 1. The zero-order valence-corrected chi connectivity index (χ0v) is 16.5. The summed E-state index contributed by atoms with van der Waals surface area (Å²) >= 11 is 0. The molecule has 1 saturated carbocycles. The number of hydrogen-bond donors (Lipinski definition) is 1. The molecular formula is C22H24F3N3O2. The van der Waals surface area contributed by atoms with Crippen molar-refractivity contribution in [2.45, 2.75) is 68.9 Å². The fourth-order valence-corrected chi connectivity index (χ4v) is 4.10. The standard InChI is InChI=1S/C22H24F3N3O2/c1-2-17-8-9-18(13-26)28(17)21(29)14-27-16-6-10-19(11-7-16)30-20-5-3-4-15(12-20)22(23,24)25/h1,3-5,12,16-19,27H,6-11,14H2/t16?,17-,18-,19?/m0/s1. The van der Waals surface area contributed by atoms with Gasteiger partial charge in [-0.05, 0) is 56.7 Å². The van der Waals surface area contributed by atoms with Gasteiger partial charge in [-0.25, -0.2) is 0 Å². The van der Waals surface area contributed by atoms with E-state index in [1.54, 1.807) is 0 Å². The number of ether oxygens (including phenoxy) is 1. The Hall–Kier alpha value is -2.71. The molecule has 2 atom stereocenters. The van der Waals surface area contributed by atoms with Gasteiger partial charge in [0.2, 0.25) is 5.91 Å². The summed E-state index contributed by atoms with van der Waals surface area (Å²) in [7, 11) is 0. The lowest BCUT2D eigenvalue weighted by Crippen LogP contribution is -2.47. The van der Waals surface area contributed by atoms with E-state index in [0.29, 0.717) is 25.7 Å². The first-order chi connectivity index (χ1) is 14.3. The molecule has 0 bridgehead atoms. The van der Waals surface area contributed by atoms with Gasteiger partial charge in [-0.15, -0.1) is 6.42 Å². The summed E-state index contributed by atoms with van der Waals surface area (Å²) in [5, 5.41) is 12.4. The lowest BCUT2D eigenvalue weighted by atomic mass is 9.93. The van der Waals surface area contributed by atoms with E-state index in [4.69, 9.17) is 11.2 Å². The number of rotatable bonds is 5. The Morgan fingerprint density at radius 3 is 2.53 bits per heavy atom. The minimum atomic E-state index is -4.40. The van der Waals surface area contributed by atoms with Crippen LogP contribution in [0.15, 0.2) is 24.3 Å². The number of alkyl halides is 3. The Labute approximate surface area is 174 Å². The predicted molar refractivity (Wildman–Crippen MR) is 104 cm³/mol. The third-order valence-corrected chi connectivity index (χ3v) is 5.69. The largest absolute Gasteiger partial charge is 0.490 e. The maximum atomic E-state index is 12.8. The summed E-state index contributed by atoms with van der Waals surface area (Å²) in [6.07, 6.45) is 5.01. The molecule has 1 N–H and O–H groups in total. The van der Waals surface area contributed by atoms with Crippen molar-refractivity contribution in [1.82, 2.24) is 10.2 Å². The molecule has 2 aliphatic rings. The van der Waals surface area contributed by atoms with Gasteiger partial charge in [0.15, 0.2) is 0 Å². The molecule has 1 aliphatic heterocycles. The number of hydrogen-bond acceptors (Lipinski definition) is 4. The van der Waals surface area contributed by atoms with Gasteiger partial charge in [-0.2, -0.15) is 18.4 Å². The van der Waals surface area contributed by atoms with Crippen molar-refractivity contribution in [2.24, 2.45) is 0 Å². The van der Waals surface area contributed by atoms with Crippen molar-refractivity contribution in [3.63, 3.8) is 0 Å². The van der Waals surface area contributed by atoms with E-state index in [9.17, 15) is 23.2 Å². The molecule has 0 aromatic heterocycles. The second kappa shape index (κ2) is 9.40. The molecule has 1 aromatic carbocycles. The summed E-state index contributed by atoms with van der Waals surface area (Å²) < 4.78 is 44.2. The molecule has 30 heavy (non-hydrogen) atoms. The van der Waals surface area contributed by atoms with Gasteiger partial charge in [0, 0.05) is 6.04 Å². The van der Waals surface area contributed by atoms with E-state index < -0.39 is 17.8 Å². The second-order valence-corrected chi connectivity index (χ2v) is 7.70. The number of nitrogens with zero attached hydrogens (tertiary/aromatic N) is 2. The van der Waals surface area contributed by atoms with Crippen LogP contribution in [0, 0.1) is 23.7 Å². The van der Waals surface area contributed by atoms with Crippen LogP contribution >= 0.6 is 0 Å². The summed E-state index contributed by atoms with van der Waals surface area (Å²) in [6, 6.07) is 6.35. The quantitative estimate of drug-likeness (QED) is 0.742. The molecule has 8 heteroatoms. The van der Waals surface area contributed by atoms with E-state index in [1.807, 2.05) is 0 Å². The molecule has 1 amide bonds. The molecule has 0 radical (unpaired) electrons. The minimum Gasteiger partial charge on any atom is -0.490 e. The summed E-state index contributed by atoms with van der Waals surface area (Å²) in [5.41, 5.74) is -0.725. The molecule has 1 heterocycles. The van der Waals surface area contributed by atoms with Crippen molar-refractivity contribution in [1.29, 1.82) is 5.26 Å². The molecule has 1 saturated heterocycles. The first-order valence-electron chi connectivity index (χ1n) is 10.1. The van der Waals surface area contributed by atoms with Crippen LogP contribution < -0.4 is 10.1 Å². The Kier molecular flexibility index (Phi) is 6.89. The number of likely N-dealkylation sites (tertiary alicyclic amines) is 1. The molecule has 1 aliphatic carbocycles. The van der Waals surface area contributed by atoms with Crippen LogP contribution in [0.3, 0.4) is 0 Å². The van der Waals surface area contributed by atoms with Crippen LogP contribution in [0.2, 0.25) is 0 Å². The fraction of sp³-hybridized carbons (Fsp3) is 0.545. The molecule has 5 nitrogen and oxygen atoms in total. The highest BCUT2D eigenvalue weighted by Crippen LogP contribution is 2.32. The number of nitrogens with one attached hydrogen (secondary N) is 1. The van der Waals surface area contributed by atoms with Crippen LogP contribution in [0.4, 0.5) is 13.2 Å². The maximum absolute atomic E-state index is 12.8. The number of terminal acetylenes is 1. The first-order valence-corrected chi connectivity index (χ1v) is 10.1. The van der Waals surface area contributed by atoms with E-state index in [1.165, 1.54) is 17.0 Å². The Balaban J connectivity index is 1.46. The van der Waals surface area contributed by atoms with Crippen molar-refractivity contribution >= 4 is 5.91 Å². The number of benzene rings is 1. The third-order valence-electron chi connectivity index (χ3n) is 5.69. The highest BCUT2D eigenvalue weighted by Gasteiger charge is 2.36. The van der Waals surface area contributed by atoms with Crippen molar-refractivity contribution in [3.05, 3.63) is 29.8 Å².